The van der Waals surface area contributed by atoms with Crippen LogP contribution in [0.25, 0.3) is 11.1 Å². The van der Waals surface area contributed by atoms with Crippen molar-refractivity contribution in [2.45, 2.75) is 26.2 Å². The SMILES string of the molecule is C=C(C)C(=O)Oc1ccc(-c2ccc(CCC3(CCO)COC3)cc2)cc1. The minimum absolute atomic E-state index is 0.157. The molecule has 1 N–H and O–H groups in total. The van der Waals surface area contributed by atoms with Crippen LogP contribution >= 0.6 is 0 Å². The quantitative estimate of drug-likeness (QED) is 0.433. The summed E-state index contributed by atoms with van der Waals surface area (Å²) in [6.07, 6.45) is 2.84. The molecule has 3 rings (SSSR count). The van der Waals surface area contributed by atoms with Gasteiger partial charge in [0.1, 0.15) is 5.75 Å². The molecule has 0 radical (unpaired) electrons. The Morgan fingerprint density at radius 3 is 2.15 bits per heavy atom. The maximum atomic E-state index is 11.6. The topological polar surface area (TPSA) is 55.8 Å². The molecule has 1 aliphatic rings. The van der Waals surface area contributed by atoms with Crippen molar-refractivity contribution in [2.75, 3.05) is 19.8 Å². The fourth-order valence-corrected chi connectivity index (χ4v) is 3.22. The zero-order chi connectivity index (χ0) is 19.3. The fraction of sp³-hybridized carbons (Fsp3) is 0.348. The fourth-order valence-electron chi connectivity index (χ4n) is 3.22. The van der Waals surface area contributed by atoms with Crippen LogP contribution < -0.4 is 4.74 Å². The lowest BCUT2D eigenvalue weighted by Gasteiger charge is -2.41. The molecule has 0 spiro atoms. The summed E-state index contributed by atoms with van der Waals surface area (Å²) in [4.78, 5) is 11.6. The van der Waals surface area contributed by atoms with Crippen molar-refractivity contribution in [1.29, 1.82) is 0 Å². The monoisotopic (exact) mass is 366 g/mol. The molecular formula is C23H26O4. The van der Waals surface area contributed by atoms with E-state index in [9.17, 15) is 9.90 Å². The summed E-state index contributed by atoms with van der Waals surface area (Å²) in [7, 11) is 0. The van der Waals surface area contributed by atoms with Crippen molar-refractivity contribution < 1.29 is 19.4 Å². The molecule has 1 saturated heterocycles. The molecular weight excluding hydrogens is 340 g/mol. The number of hydrogen-bond acceptors (Lipinski definition) is 4. The van der Waals surface area contributed by atoms with Crippen molar-refractivity contribution in [3.05, 3.63) is 66.2 Å². The van der Waals surface area contributed by atoms with Crippen LogP contribution in [0.2, 0.25) is 0 Å². The molecule has 1 heterocycles. The summed E-state index contributed by atoms with van der Waals surface area (Å²) in [5.41, 5.74) is 4.01. The summed E-state index contributed by atoms with van der Waals surface area (Å²) < 4.78 is 10.6. The van der Waals surface area contributed by atoms with E-state index in [2.05, 4.69) is 30.8 Å². The maximum absolute atomic E-state index is 11.6. The molecule has 142 valence electrons. The second kappa shape index (κ2) is 8.51. The van der Waals surface area contributed by atoms with E-state index in [1.54, 1.807) is 19.1 Å². The third-order valence-electron chi connectivity index (χ3n) is 5.10. The van der Waals surface area contributed by atoms with Crippen LogP contribution in [-0.2, 0) is 16.0 Å². The number of rotatable bonds is 8. The summed E-state index contributed by atoms with van der Waals surface area (Å²) in [6, 6.07) is 16.0. The van der Waals surface area contributed by atoms with E-state index >= 15 is 0 Å². The lowest BCUT2D eigenvalue weighted by Crippen LogP contribution is -2.43. The van der Waals surface area contributed by atoms with E-state index in [4.69, 9.17) is 9.47 Å². The molecule has 1 aliphatic heterocycles. The van der Waals surface area contributed by atoms with Gasteiger partial charge in [-0.1, -0.05) is 43.0 Å². The maximum Gasteiger partial charge on any atom is 0.338 e. The standard InChI is InChI=1S/C23H26O4/c1-17(2)22(25)27-21-9-7-20(8-10-21)19-5-3-18(4-6-19)11-12-23(13-14-24)15-26-16-23/h3-10,24H,1,11-16H2,2H3. The Bertz CT molecular complexity index is 786. The van der Waals surface area contributed by atoms with Gasteiger partial charge in [0.2, 0.25) is 0 Å². The molecule has 0 bridgehead atoms. The Balaban J connectivity index is 1.60. The van der Waals surface area contributed by atoms with Gasteiger partial charge in [0.15, 0.2) is 0 Å². The molecule has 2 aromatic carbocycles. The normalized spacial score (nSPS) is 15.0. The van der Waals surface area contributed by atoms with Crippen LogP contribution in [0.5, 0.6) is 5.75 Å². The summed E-state index contributed by atoms with van der Waals surface area (Å²) in [5, 5.41) is 9.23. The number of carbonyl (C=O) groups is 1. The third-order valence-corrected chi connectivity index (χ3v) is 5.10. The first-order chi connectivity index (χ1) is 13.0. The molecule has 0 saturated carbocycles. The molecule has 0 aliphatic carbocycles. The highest BCUT2D eigenvalue weighted by Gasteiger charge is 2.37. The van der Waals surface area contributed by atoms with Crippen LogP contribution in [-0.4, -0.2) is 30.9 Å². The van der Waals surface area contributed by atoms with Gasteiger partial charge < -0.3 is 14.6 Å². The Hall–Kier alpha value is -2.43. The number of carbonyl (C=O) groups excluding carboxylic acids is 1. The first-order valence-electron chi connectivity index (χ1n) is 9.27. The van der Waals surface area contributed by atoms with Crippen molar-refractivity contribution in [3.8, 4) is 16.9 Å². The van der Waals surface area contributed by atoms with Gasteiger partial charge in [0.25, 0.3) is 0 Å². The average Bonchev–Trinajstić information content (AvgIpc) is 2.65. The number of esters is 1. The van der Waals surface area contributed by atoms with Gasteiger partial charge in [-0.05, 0) is 55.0 Å². The van der Waals surface area contributed by atoms with Crippen molar-refractivity contribution in [1.82, 2.24) is 0 Å². The lowest BCUT2D eigenvalue weighted by molar-refractivity contribution is -0.130. The van der Waals surface area contributed by atoms with Gasteiger partial charge in [-0.25, -0.2) is 4.79 Å². The summed E-state index contributed by atoms with van der Waals surface area (Å²) >= 11 is 0. The number of aryl methyl sites for hydroxylation is 1. The van der Waals surface area contributed by atoms with Crippen molar-refractivity contribution >= 4 is 5.97 Å². The molecule has 1 fully saturated rings. The predicted octanol–water partition coefficient (Wildman–Crippen LogP) is 4.17. The second-order valence-corrected chi connectivity index (χ2v) is 7.36. The number of ether oxygens (including phenoxy) is 2. The molecule has 0 amide bonds. The van der Waals surface area contributed by atoms with Crippen LogP contribution in [0, 0.1) is 5.41 Å². The molecule has 0 unspecified atom stereocenters. The highest BCUT2D eigenvalue weighted by atomic mass is 16.5. The van der Waals surface area contributed by atoms with E-state index in [-0.39, 0.29) is 12.0 Å². The van der Waals surface area contributed by atoms with Crippen molar-refractivity contribution in [2.24, 2.45) is 5.41 Å². The Morgan fingerprint density at radius 1 is 1.07 bits per heavy atom. The van der Waals surface area contributed by atoms with E-state index in [0.717, 1.165) is 43.6 Å². The van der Waals surface area contributed by atoms with Crippen LogP contribution in [0.15, 0.2) is 60.7 Å². The third kappa shape index (κ3) is 4.85. The second-order valence-electron chi connectivity index (χ2n) is 7.36. The van der Waals surface area contributed by atoms with Crippen LogP contribution in [0.1, 0.15) is 25.3 Å². The lowest BCUT2D eigenvalue weighted by atomic mass is 9.77. The predicted molar refractivity (Wildman–Crippen MR) is 106 cm³/mol. The number of hydrogen-bond donors (Lipinski definition) is 1. The first kappa shape index (κ1) is 19.3. The first-order valence-corrected chi connectivity index (χ1v) is 9.27. The Labute approximate surface area is 160 Å². The average molecular weight is 366 g/mol. The highest BCUT2D eigenvalue weighted by Crippen LogP contribution is 2.36. The van der Waals surface area contributed by atoms with Crippen LogP contribution in [0.4, 0.5) is 0 Å². The van der Waals surface area contributed by atoms with E-state index in [1.165, 1.54) is 5.56 Å². The highest BCUT2D eigenvalue weighted by molar-refractivity contribution is 5.88. The molecule has 0 atom stereocenters. The molecule has 2 aromatic rings. The van der Waals surface area contributed by atoms with E-state index in [0.29, 0.717) is 11.3 Å². The smallest absolute Gasteiger partial charge is 0.338 e. The summed E-state index contributed by atoms with van der Waals surface area (Å²) in [5.74, 6) is 0.100. The molecule has 0 aromatic heterocycles. The zero-order valence-electron chi connectivity index (χ0n) is 15.7. The van der Waals surface area contributed by atoms with Gasteiger partial charge in [0.05, 0.1) is 13.2 Å². The van der Waals surface area contributed by atoms with Gasteiger partial charge >= 0.3 is 5.97 Å². The van der Waals surface area contributed by atoms with Gasteiger partial charge in [-0.2, -0.15) is 0 Å². The molecule has 4 heteroatoms. The number of aliphatic hydroxyl groups excluding tert-OH is 1. The molecule has 4 nitrogen and oxygen atoms in total. The van der Waals surface area contributed by atoms with Crippen LogP contribution in [0.3, 0.4) is 0 Å². The Morgan fingerprint density at radius 2 is 1.67 bits per heavy atom. The molecule has 27 heavy (non-hydrogen) atoms. The van der Waals surface area contributed by atoms with E-state index in [1.807, 2.05) is 12.1 Å². The summed E-state index contributed by atoms with van der Waals surface area (Å²) in [6.45, 7) is 6.95. The zero-order valence-corrected chi connectivity index (χ0v) is 15.7. The minimum atomic E-state index is -0.414. The van der Waals surface area contributed by atoms with Gasteiger partial charge in [-0.15, -0.1) is 0 Å². The number of benzene rings is 2. The van der Waals surface area contributed by atoms with Gasteiger partial charge in [0, 0.05) is 17.6 Å². The van der Waals surface area contributed by atoms with Gasteiger partial charge in [-0.3, -0.25) is 0 Å². The largest absolute Gasteiger partial charge is 0.423 e. The van der Waals surface area contributed by atoms with E-state index < -0.39 is 5.97 Å². The van der Waals surface area contributed by atoms with Crippen molar-refractivity contribution in [3.63, 3.8) is 0 Å². The minimum Gasteiger partial charge on any atom is -0.423 e. The Kier molecular flexibility index (Phi) is 6.09. The number of aliphatic hydroxyl groups is 1.